The van der Waals surface area contributed by atoms with Crippen LogP contribution in [0, 0.1) is 22.7 Å². The number of fused-ring (bicyclic) bond motifs is 5. The summed E-state index contributed by atoms with van der Waals surface area (Å²) in [6.45, 7) is 8.51. The van der Waals surface area contributed by atoms with Crippen molar-refractivity contribution in [2.45, 2.75) is 75.3 Å². The highest BCUT2D eigenvalue weighted by Gasteiger charge is 2.75. The molecule has 0 aromatic carbocycles. The van der Waals surface area contributed by atoms with Gasteiger partial charge in [-0.25, -0.2) is 4.39 Å². The van der Waals surface area contributed by atoms with Crippen LogP contribution in [0.15, 0.2) is 23.8 Å². The van der Waals surface area contributed by atoms with Crippen molar-refractivity contribution in [1.82, 2.24) is 0 Å². The lowest BCUT2D eigenvalue weighted by molar-refractivity contribution is -0.189. The molecule has 4 aliphatic carbocycles. The average Bonchev–Trinajstić information content (AvgIpc) is 2.92. The van der Waals surface area contributed by atoms with Gasteiger partial charge in [-0.15, -0.1) is 23.5 Å². The number of rotatable bonds is 5. The Morgan fingerprint density at radius 3 is 2.50 bits per heavy atom. The molecule has 168 valence electrons. The molecule has 4 aliphatic rings. The highest BCUT2D eigenvalue weighted by molar-refractivity contribution is 8.18. The van der Waals surface area contributed by atoms with Crippen LogP contribution < -0.4 is 0 Å². The predicted molar refractivity (Wildman–Crippen MR) is 124 cm³/mol. The number of methoxy groups -OCH3 is 1. The Hall–Kier alpha value is -0.300. The first-order valence-corrected chi connectivity index (χ1v) is 13.2. The summed E-state index contributed by atoms with van der Waals surface area (Å²) >= 11 is 3.85. The van der Waals surface area contributed by atoms with Crippen molar-refractivity contribution >= 4 is 29.3 Å². The molecule has 3 nitrogen and oxygen atoms in total. The summed E-state index contributed by atoms with van der Waals surface area (Å²) in [5.41, 5.74) is -2.07. The van der Waals surface area contributed by atoms with Crippen molar-refractivity contribution in [3.63, 3.8) is 0 Å². The number of carbonyl (C=O) groups excluding carboxylic acids is 1. The highest BCUT2D eigenvalue weighted by atomic mass is 32.2. The molecule has 0 aromatic heterocycles. The maximum absolute atomic E-state index is 17.2. The molecule has 0 radical (unpaired) electrons. The molecule has 4 rings (SSSR count). The Balaban J connectivity index is 1.83. The van der Waals surface area contributed by atoms with Crippen LogP contribution in [0.3, 0.4) is 0 Å². The zero-order valence-corrected chi connectivity index (χ0v) is 20.4. The second kappa shape index (κ2) is 7.64. The predicted octanol–water partition coefficient (Wildman–Crippen LogP) is 5.18. The Morgan fingerprint density at radius 2 is 1.90 bits per heavy atom. The maximum atomic E-state index is 17.2. The van der Waals surface area contributed by atoms with Crippen molar-refractivity contribution in [3.05, 3.63) is 23.8 Å². The molecular formula is C24H35FO3S2. The first-order chi connectivity index (χ1) is 14.1. The zero-order chi connectivity index (χ0) is 21.9. The van der Waals surface area contributed by atoms with Crippen LogP contribution in [0.4, 0.5) is 4.39 Å². The van der Waals surface area contributed by atoms with E-state index in [9.17, 15) is 9.90 Å². The molecule has 0 unspecified atom stereocenters. The summed E-state index contributed by atoms with van der Waals surface area (Å²) in [6.07, 6.45) is 6.44. The smallest absolute Gasteiger partial charge is 0.178 e. The molecule has 6 heteroatoms. The number of aliphatic hydroxyl groups excluding tert-OH is 1. The van der Waals surface area contributed by atoms with Gasteiger partial charge >= 0.3 is 0 Å². The minimum Gasteiger partial charge on any atom is -0.390 e. The second-order valence-electron chi connectivity index (χ2n) is 9.76. The van der Waals surface area contributed by atoms with E-state index in [4.69, 9.17) is 4.74 Å². The van der Waals surface area contributed by atoms with Crippen LogP contribution >= 0.6 is 23.5 Å². The van der Waals surface area contributed by atoms with Crippen molar-refractivity contribution in [2.24, 2.45) is 22.7 Å². The van der Waals surface area contributed by atoms with E-state index in [0.29, 0.717) is 19.3 Å². The number of aliphatic hydroxyl groups is 1. The van der Waals surface area contributed by atoms with E-state index in [0.717, 1.165) is 23.5 Å². The third kappa shape index (κ3) is 2.69. The van der Waals surface area contributed by atoms with Crippen LogP contribution in [-0.2, 0) is 9.53 Å². The number of carbonyl (C=O) groups is 1. The number of hydrogen-bond acceptors (Lipinski definition) is 5. The van der Waals surface area contributed by atoms with Gasteiger partial charge in [0.1, 0.15) is 0 Å². The number of hydrogen-bond donors (Lipinski definition) is 1. The molecule has 0 amide bonds. The first kappa shape index (κ1) is 22.9. The number of halogens is 1. The Labute approximate surface area is 188 Å². The monoisotopic (exact) mass is 454 g/mol. The standard InChI is InChI=1S/C24H35FO3S2/c1-6-29-24(30-7-2)20(28-5)13-18-17-9-8-15-12-16(26)10-11-21(15,3)23(17,25)19(27)14-22(18,24)4/h10-12,17-20,27H,6-9,13-14H2,1-5H3/t17-,18-,19+,20+,21-,22-,23-/m0/s1. The maximum Gasteiger partial charge on any atom is 0.178 e. The lowest BCUT2D eigenvalue weighted by Gasteiger charge is -2.63. The molecule has 0 heterocycles. The number of ether oxygens (including phenoxy) is 1. The third-order valence-corrected chi connectivity index (χ3v) is 12.3. The Morgan fingerprint density at radius 1 is 1.23 bits per heavy atom. The van der Waals surface area contributed by atoms with Gasteiger partial charge in [0.2, 0.25) is 0 Å². The Kier molecular flexibility index (Phi) is 5.82. The van der Waals surface area contributed by atoms with Crippen LogP contribution in [0.2, 0.25) is 0 Å². The largest absolute Gasteiger partial charge is 0.390 e. The lowest BCUT2D eigenvalue weighted by atomic mass is 9.46. The van der Waals surface area contributed by atoms with Gasteiger partial charge in [0.25, 0.3) is 0 Å². The van der Waals surface area contributed by atoms with Crippen molar-refractivity contribution in [1.29, 1.82) is 0 Å². The number of allylic oxidation sites excluding steroid dienone is 4. The van der Waals surface area contributed by atoms with E-state index >= 15 is 4.39 Å². The fourth-order valence-electron chi connectivity index (χ4n) is 7.39. The molecule has 30 heavy (non-hydrogen) atoms. The quantitative estimate of drug-likeness (QED) is 0.580. The van der Waals surface area contributed by atoms with Gasteiger partial charge in [-0.3, -0.25) is 4.79 Å². The normalized spacial score (nSPS) is 46.8. The van der Waals surface area contributed by atoms with Gasteiger partial charge in [-0.2, -0.15) is 0 Å². The molecule has 3 fully saturated rings. The van der Waals surface area contributed by atoms with E-state index in [2.05, 4.69) is 20.8 Å². The molecule has 0 bridgehead atoms. The highest BCUT2D eigenvalue weighted by Crippen LogP contribution is 2.74. The van der Waals surface area contributed by atoms with E-state index in [1.165, 1.54) is 6.08 Å². The lowest BCUT2D eigenvalue weighted by Crippen LogP contribution is -2.67. The topological polar surface area (TPSA) is 46.5 Å². The fourth-order valence-corrected chi connectivity index (χ4v) is 11.2. The molecule has 7 atom stereocenters. The summed E-state index contributed by atoms with van der Waals surface area (Å²) in [4.78, 5) is 12.0. The second-order valence-corrected chi connectivity index (χ2v) is 13.0. The number of thioether (sulfide) groups is 2. The summed E-state index contributed by atoms with van der Waals surface area (Å²) in [6, 6.07) is 0. The molecule has 1 N–H and O–H groups in total. The van der Waals surface area contributed by atoms with Gasteiger partial charge in [0, 0.05) is 18.4 Å². The molecular weight excluding hydrogens is 419 g/mol. The van der Waals surface area contributed by atoms with Crippen LogP contribution in [-0.4, -0.2) is 51.5 Å². The molecule has 0 aliphatic heterocycles. The van der Waals surface area contributed by atoms with Crippen LogP contribution in [0.25, 0.3) is 0 Å². The summed E-state index contributed by atoms with van der Waals surface area (Å²) in [7, 11) is 1.78. The van der Waals surface area contributed by atoms with E-state index in [-0.39, 0.29) is 33.2 Å². The van der Waals surface area contributed by atoms with Gasteiger partial charge in [0.05, 0.1) is 16.3 Å². The van der Waals surface area contributed by atoms with E-state index in [1.54, 1.807) is 19.3 Å². The molecule has 0 spiro atoms. The zero-order valence-electron chi connectivity index (χ0n) is 18.7. The third-order valence-electron chi connectivity index (χ3n) is 8.72. The van der Waals surface area contributed by atoms with E-state index < -0.39 is 17.2 Å². The van der Waals surface area contributed by atoms with Crippen LogP contribution in [0.1, 0.15) is 53.4 Å². The van der Waals surface area contributed by atoms with Crippen molar-refractivity contribution < 1.29 is 19.0 Å². The van der Waals surface area contributed by atoms with Gasteiger partial charge in [0.15, 0.2) is 11.5 Å². The fraction of sp³-hybridized carbons (Fsp3) is 0.792. The first-order valence-electron chi connectivity index (χ1n) is 11.3. The summed E-state index contributed by atoms with van der Waals surface area (Å²) < 4.78 is 23.1. The van der Waals surface area contributed by atoms with E-state index in [1.807, 2.05) is 30.4 Å². The molecule has 3 saturated carbocycles. The van der Waals surface area contributed by atoms with Gasteiger partial charge < -0.3 is 9.84 Å². The molecule has 0 saturated heterocycles. The van der Waals surface area contributed by atoms with Crippen molar-refractivity contribution in [2.75, 3.05) is 18.6 Å². The number of ketones is 1. The van der Waals surface area contributed by atoms with Gasteiger partial charge in [-0.1, -0.05) is 32.4 Å². The minimum atomic E-state index is -1.76. The SMILES string of the molecule is CCSC1(SCC)[C@H](OC)C[C@H]2[C@@H]3CCC4=CC(=O)C=C[C@]4(C)[C@@]3(F)[C@H](O)C[C@@]21C. The molecule has 0 aromatic rings. The van der Waals surface area contributed by atoms with Crippen LogP contribution in [0.5, 0.6) is 0 Å². The van der Waals surface area contributed by atoms with Gasteiger partial charge in [-0.05, 0) is 67.6 Å². The minimum absolute atomic E-state index is 0.0326. The average molecular weight is 455 g/mol. The summed E-state index contributed by atoms with van der Waals surface area (Å²) in [5, 5.41) is 11.5. The Bertz CT molecular complexity index is 776. The summed E-state index contributed by atoms with van der Waals surface area (Å²) in [5.74, 6) is 1.75. The van der Waals surface area contributed by atoms with Crippen molar-refractivity contribution in [3.8, 4) is 0 Å². The number of alkyl halides is 1.